The molecule has 1 unspecified atom stereocenters. The van der Waals surface area contributed by atoms with E-state index in [9.17, 15) is 0 Å². The fourth-order valence-electron chi connectivity index (χ4n) is 2.15. The van der Waals surface area contributed by atoms with Gasteiger partial charge in [-0.3, -0.25) is 0 Å². The van der Waals surface area contributed by atoms with Crippen LogP contribution in [-0.4, -0.2) is 17.2 Å². The van der Waals surface area contributed by atoms with Gasteiger partial charge in [-0.2, -0.15) is 0 Å². The summed E-state index contributed by atoms with van der Waals surface area (Å²) >= 11 is 1.78. The molecule has 2 rings (SSSR count). The lowest BCUT2D eigenvalue weighted by molar-refractivity contribution is 0.483. The van der Waals surface area contributed by atoms with Gasteiger partial charge in [0.25, 0.3) is 0 Å². The molecule has 15 heavy (non-hydrogen) atoms. The van der Waals surface area contributed by atoms with Gasteiger partial charge in [-0.1, -0.05) is 31.1 Å². The molecule has 0 bridgehead atoms. The van der Waals surface area contributed by atoms with Crippen LogP contribution in [-0.2, 0) is 5.41 Å². The monoisotopic (exact) mass is 225 g/mol. The van der Waals surface area contributed by atoms with Crippen LogP contribution >= 0.6 is 11.3 Å². The SMILES string of the molecule is CNC(C)c1nnc(C2(C)CCCC2)s1. The molecular formula is C11H19N3S. The van der Waals surface area contributed by atoms with Gasteiger partial charge < -0.3 is 5.32 Å². The first kappa shape index (κ1) is 11.0. The van der Waals surface area contributed by atoms with E-state index >= 15 is 0 Å². The van der Waals surface area contributed by atoms with E-state index in [1.54, 1.807) is 11.3 Å². The summed E-state index contributed by atoms with van der Waals surface area (Å²) in [6, 6.07) is 0.321. The molecule has 1 fully saturated rings. The minimum Gasteiger partial charge on any atom is -0.311 e. The summed E-state index contributed by atoms with van der Waals surface area (Å²) in [6.07, 6.45) is 5.23. The standard InChI is InChI=1S/C11H19N3S/c1-8(12-3)9-13-14-10(15-9)11(2)6-4-5-7-11/h8,12H,4-7H2,1-3H3. The molecule has 4 heteroatoms. The number of nitrogens with one attached hydrogen (secondary N) is 1. The van der Waals surface area contributed by atoms with E-state index in [4.69, 9.17) is 0 Å². The summed E-state index contributed by atoms with van der Waals surface area (Å²) in [4.78, 5) is 0. The minimum absolute atomic E-state index is 0.309. The molecule has 0 aromatic carbocycles. The van der Waals surface area contributed by atoms with Crippen LogP contribution in [0.4, 0.5) is 0 Å². The van der Waals surface area contributed by atoms with Gasteiger partial charge in [0.2, 0.25) is 0 Å². The second-order valence-electron chi connectivity index (χ2n) is 4.72. The van der Waals surface area contributed by atoms with Crippen molar-refractivity contribution >= 4 is 11.3 Å². The molecule has 1 aliphatic carbocycles. The molecule has 3 nitrogen and oxygen atoms in total. The third-order valence-corrected chi connectivity index (χ3v) is 4.88. The van der Waals surface area contributed by atoms with Crippen molar-refractivity contribution in [1.82, 2.24) is 15.5 Å². The lowest BCUT2D eigenvalue weighted by Crippen LogP contribution is -2.16. The average molecular weight is 225 g/mol. The lowest BCUT2D eigenvalue weighted by Gasteiger charge is -2.18. The van der Waals surface area contributed by atoms with Crippen LogP contribution < -0.4 is 5.32 Å². The number of nitrogens with zero attached hydrogens (tertiary/aromatic N) is 2. The largest absolute Gasteiger partial charge is 0.311 e. The van der Waals surface area contributed by atoms with Crippen molar-refractivity contribution in [3.05, 3.63) is 10.0 Å². The van der Waals surface area contributed by atoms with Gasteiger partial charge in [0.05, 0.1) is 6.04 Å². The second-order valence-corrected chi connectivity index (χ2v) is 5.73. The normalized spacial score (nSPS) is 21.8. The Bertz CT molecular complexity index is 328. The molecule has 1 N–H and O–H groups in total. The zero-order valence-electron chi connectivity index (χ0n) is 9.71. The van der Waals surface area contributed by atoms with Crippen molar-refractivity contribution in [2.45, 2.75) is 51.0 Å². The molecule has 84 valence electrons. The second kappa shape index (κ2) is 4.18. The number of hydrogen-bond acceptors (Lipinski definition) is 4. The van der Waals surface area contributed by atoms with Crippen LogP contribution in [0.3, 0.4) is 0 Å². The van der Waals surface area contributed by atoms with E-state index in [0.29, 0.717) is 11.5 Å². The highest BCUT2D eigenvalue weighted by Crippen LogP contribution is 2.42. The van der Waals surface area contributed by atoms with Crippen molar-refractivity contribution in [3.63, 3.8) is 0 Å². The lowest BCUT2D eigenvalue weighted by atomic mass is 9.90. The molecule has 1 heterocycles. The van der Waals surface area contributed by atoms with Crippen molar-refractivity contribution in [2.24, 2.45) is 0 Å². The summed E-state index contributed by atoms with van der Waals surface area (Å²) in [5, 5.41) is 14.2. The van der Waals surface area contributed by atoms with E-state index < -0.39 is 0 Å². The van der Waals surface area contributed by atoms with E-state index in [-0.39, 0.29) is 0 Å². The molecule has 0 saturated heterocycles. The van der Waals surface area contributed by atoms with Crippen LogP contribution in [0.5, 0.6) is 0 Å². The summed E-state index contributed by atoms with van der Waals surface area (Å²) in [5.74, 6) is 0. The Labute approximate surface area is 95.3 Å². The van der Waals surface area contributed by atoms with E-state index in [1.165, 1.54) is 30.7 Å². The van der Waals surface area contributed by atoms with Crippen molar-refractivity contribution in [1.29, 1.82) is 0 Å². The van der Waals surface area contributed by atoms with E-state index in [1.807, 2.05) is 7.05 Å². The first-order valence-electron chi connectivity index (χ1n) is 5.67. The van der Waals surface area contributed by atoms with Gasteiger partial charge in [0.15, 0.2) is 0 Å². The predicted octanol–water partition coefficient (Wildman–Crippen LogP) is 2.65. The Morgan fingerprint density at radius 3 is 2.60 bits per heavy atom. The fraction of sp³-hybridized carbons (Fsp3) is 0.818. The van der Waals surface area contributed by atoms with Gasteiger partial charge in [-0.25, -0.2) is 0 Å². The Hall–Kier alpha value is -0.480. The van der Waals surface area contributed by atoms with E-state index in [0.717, 1.165) is 5.01 Å². The summed E-state index contributed by atoms with van der Waals surface area (Å²) in [6.45, 7) is 4.45. The third kappa shape index (κ3) is 2.06. The molecule has 1 atom stereocenters. The average Bonchev–Trinajstić information content (AvgIpc) is 2.85. The zero-order valence-corrected chi connectivity index (χ0v) is 10.5. The molecule has 1 aromatic rings. The Morgan fingerprint density at radius 1 is 1.33 bits per heavy atom. The molecular weight excluding hydrogens is 206 g/mol. The maximum atomic E-state index is 4.37. The van der Waals surface area contributed by atoms with Crippen molar-refractivity contribution in [3.8, 4) is 0 Å². The van der Waals surface area contributed by atoms with Gasteiger partial charge in [-0.15, -0.1) is 10.2 Å². The topological polar surface area (TPSA) is 37.8 Å². The van der Waals surface area contributed by atoms with Crippen LogP contribution in [0.2, 0.25) is 0 Å². The highest BCUT2D eigenvalue weighted by atomic mass is 32.1. The summed E-state index contributed by atoms with van der Waals surface area (Å²) in [5.41, 5.74) is 0.309. The Morgan fingerprint density at radius 2 is 2.00 bits per heavy atom. The first-order valence-corrected chi connectivity index (χ1v) is 6.48. The summed E-state index contributed by atoms with van der Waals surface area (Å²) < 4.78 is 0. The maximum Gasteiger partial charge on any atom is 0.134 e. The Balaban J connectivity index is 2.19. The number of hydrogen-bond donors (Lipinski definition) is 1. The molecule has 0 amide bonds. The first-order chi connectivity index (χ1) is 7.15. The van der Waals surface area contributed by atoms with Crippen LogP contribution in [0.15, 0.2) is 0 Å². The highest BCUT2D eigenvalue weighted by Gasteiger charge is 2.34. The van der Waals surface area contributed by atoms with Gasteiger partial charge >= 0.3 is 0 Å². The van der Waals surface area contributed by atoms with Gasteiger partial charge in [-0.05, 0) is 26.8 Å². The van der Waals surface area contributed by atoms with Crippen LogP contribution in [0, 0.1) is 0 Å². The molecule has 0 spiro atoms. The molecule has 1 aliphatic rings. The highest BCUT2D eigenvalue weighted by molar-refractivity contribution is 7.11. The quantitative estimate of drug-likeness (QED) is 0.859. The van der Waals surface area contributed by atoms with Crippen LogP contribution in [0.25, 0.3) is 0 Å². The van der Waals surface area contributed by atoms with Gasteiger partial charge in [0.1, 0.15) is 10.0 Å². The van der Waals surface area contributed by atoms with Crippen molar-refractivity contribution in [2.75, 3.05) is 7.05 Å². The fourth-order valence-corrected chi connectivity index (χ4v) is 3.25. The molecule has 1 saturated carbocycles. The zero-order chi connectivity index (χ0) is 10.9. The maximum absolute atomic E-state index is 4.37. The minimum atomic E-state index is 0.309. The third-order valence-electron chi connectivity index (χ3n) is 3.47. The van der Waals surface area contributed by atoms with E-state index in [2.05, 4.69) is 29.4 Å². The molecule has 0 radical (unpaired) electrons. The van der Waals surface area contributed by atoms with Gasteiger partial charge in [0, 0.05) is 5.41 Å². The smallest absolute Gasteiger partial charge is 0.134 e. The molecule has 1 aromatic heterocycles. The predicted molar refractivity (Wildman–Crippen MR) is 63.2 cm³/mol. The summed E-state index contributed by atoms with van der Waals surface area (Å²) in [7, 11) is 1.96. The number of rotatable bonds is 3. The number of aromatic nitrogens is 2. The molecule has 0 aliphatic heterocycles. The van der Waals surface area contributed by atoms with Crippen molar-refractivity contribution < 1.29 is 0 Å². The Kier molecular flexibility index (Phi) is 3.07. The van der Waals surface area contributed by atoms with Crippen LogP contribution in [0.1, 0.15) is 55.6 Å².